The minimum atomic E-state index is -0.629. The van der Waals surface area contributed by atoms with Crippen molar-refractivity contribution in [1.29, 1.82) is 0 Å². The molecular formula is C12H9FN2O2. The van der Waals surface area contributed by atoms with E-state index < -0.39 is 10.7 Å². The summed E-state index contributed by atoms with van der Waals surface area (Å²) < 4.78 is 12.9. The predicted molar refractivity (Wildman–Crippen MR) is 62.8 cm³/mol. The summed E-state index contributed by atoms with van der Waals surface area (Å²) in [6, 6.07) is 12.4. The molecule has 0 atom stereocenters. The van der Waals surface area contributed by atoms with Crippen molar-refractivity contribution in [2.45, 2.75) is 0 Å². The maximum Gasteiger partial charge on any atom is 0.295 e. The molecule has 2 aromatic carbocycles. The summed E-state index contributed by atoms with van der Waals surface area (Å²) in [5.41, 5.74) is 0.693. The van der Waals surface area contributed by atoms with Gasteiger partial charge in [-0.05, 0) is 24.3 Å². The third kappa shape index (κ3) is 2.57. The van der Waals surface area contributed by atoms with Crippen LogP contribution in [0.15, 0.2) is 48.5 Å². The van der Waals surface area contributed by atoms with Crippen molar-refractivity contribution < 1.29 is 9.31 Å². The Hall–Kier alpha value is -2.43. The van der Waals surface area contributed by atoms with E-state index in [2.05, 4.69) is 5.32 Å². The molecule has 0 amide bonds. The zero-order chi connectivity index (χ0) is 12.3. The molecule has 4 nitrogen and oxygen atoms in total. The molecule has 0 aromatic heterocycles. The van der Waals surface area contributed by atoms with E-state index in [0.717, 1.165) is 6.07 Å². The standard InChI is InChI=1S/C12H9FN2O2/c13-9-6-7-11(12(8-9)15(16)17)14-10-4-2-1-3-5-10/h1-8,14H. The molecule has 1 N–H and O–H groups in total. The third-order valence-corrected chi connectivity index (χ3v) is 2.21. The Morgan fingerprint density at radius 3 is 2.47 bits per heavy atom. The van der Waals surface area contributed by atoms with E-state index in [4.69, 9.17) is 0 Å². The van der Waals surface area contributed by atoms with E-state index in [1.165, 1.54) is 12.1 Å². The van der Waals surface area contributed by atoms with Gasteiger partial charge in [0.15, 0.2) is 0 Å². The molecule has 17 heavy (non-hydrogen) atoms. The van der Waals surface area contributed by atoms with Crippen LogP contribution in [0.25, 0.3) is 0 Å². The van der Waals surface area contributed by atoms with Crippen molar-refractivity contribution in [2.24, 2.45) is 0 Å². The Morgan fingerprint density at radius 2 is 1.82 bits per heavy atom. The van der Waals surface area contributed by atoms with Crippen LogP contribution < -0.4 is 5.32 Å². The first-order valence-corrected chi connectivity index (χ1v) is 4.93. The molecule has 0 fully saturated rings. The number of hydrogen-bond donors (Lipinski definition) is 1. The monoisotopic (exact) mass is 232 g/mol. The van der Waals surface area contributed by atoms with Crippen molar-refractivity contribution in [2.75, 3.05) is 5.32 Å². The summed E-state index contributed by atoms with van der Waals surface area (Å²) in [6.07, 6.45) is 0. The summed E-state index contributed by atoms with van der Waals surface area (Å²) in [6.45, 7) is 0. The normalized spacial score (nSPS) is 9.94. The molecule has 0 saturated carbocycles. The van der Waals surface area contributed by atoms with Crippen LogP contribution >= 0.6 is 0 Å². The number of anilines is 2. The van der Waals surface area contributed by atoms with Gasteiger partial charge >= 0.3 is 0 Å². The van der Waals surface area contributed by atoms with Crippen molar-refractivity contribution >= 4 is 17.1 Å². The number of rotatable bonds is 3. The minimum absolute atomic E-state index is 0.266. The first-order chi connectivity index (χ1) is 8.16. The lowest BCUT2D eigenvalue weighted by Crippen LogP contribution is -1.97. The lowest BCUT2D eigenvalue weighted by Gasteiger charge is -2.06. The van der Waals surface area contributed by atoms with Gasteiger partial charge in [0.25, 0.3) is 5.69 Å². The second kappa shape index (κ2) is 4.61. The SMILES string of the molecule is O=[N+]([O-])c1cc(F)ccc1Nc1ccccc1. The fourth-order valence-electron chi connectivity index (χ4n) is 1.44. The van der Waals surface area contributed by atoms with Gasteiger partial charge in [0.05, 0.1) is 11.0 Å². The van der Waals surface area contributed by atoms with Crippen LogP contribution in [0.2, 0.25) is 0 Å². The van der Waals surface area contributed by atoms with Crippen molar-refractivity contribution in [1.82, 2.24) is 0 Å². The van der Waals surface area contributed by atoms with Gasteiger partial charge in [0, 0.05) is 5.69 Å². The molecule has 5 heteroatoms. The van der Waals surface area contributed by atoms with E-state index in [1.54, 1.807) is 24.3 Å². The number of halogens is 1. The Bertz CT molecular complexity index is 543. The quantitative estimate of drug-likeness (QED) is 0.651. The first kappa shape index (κ1) is 11.1. The average molecular weight is 232 g/mol. The average Bonchev–Trinajstić information content (AvgIpc) is 2.32. The molecular weight excluding hydrogens is 223 g/mol. The lowest BCUT2D eigenvalue weighted by atomic mass is 10.2. The third-order valence-electron chi connectivity index (χ3n) is 2.21. The molecule has 0 unspecified atom stereocenters. The van der Waals surface area contributed by atoms with Crippen LogP contribution in [0, 0.1) is 15.9 Å². The highest BCUT2D eigenvalue weighted by Crippen LogP contribution is 2.27. The highest BCUT2D eigenvalue weighted by atomic mass is 19.1. The predicted octanol–water partition coefficient (Wildman–Crippen LogP) is 3.48. The highest BCUT2D eigenvalue weighted by Gasteiger charge is 2.14. The molecule has 0 saturated heterocycles. The smallest absolute Gasteiger partial charge is 0.295 e. The lowest BCUT2D eigenvalue weighted by molar-refractivity contribution is -0.384. The van der Waals surface area contributed by atoms with Gasteiger partial charge in [0.1, 0.15) is 11.5 Å². The Kier molecular flexibility index (Phi) is 3.00. The fraction of sp³-hybridized carbons (Fsp3) is 0. The second-order valence-corrected chi connectivity index (χ2v) is 3.41. The maximum absolute atomic E-state index is 12.9. The van der Waals surface area contributed by atoms with Gasteiger partial charge < -0.3 is 5.32 Å². The first-order valence-electron chi connectivity index (χ1n) is 4.93. The summed E-state index contributed by atoms with van der Waals surface area (Å²) in [5, 5.41) is 13.6. The maximum atomic E-state index is 12.9. The Balaban J connectivity index is 2.36. The molecule has 0 aliphatic heterocycles. The zero-order valence-electron chi connectivity index (χ0n) is 8.76. The van der Waals surface area contributed by atoms with Crippen molar-refractivity contribution in [3.63, 3.8) is 0 Å². The van der Waals surface area contributed by atoms with Crippen LogP contribution in [0.1, 0.15) is 0 Å². The van der Waals surface area contributed by atoms with E-state index in [0.29, 0.717) is 5.69 Å². The summed E-state index contributed by atoms with van der Waals surface area (Å²) >= 11 is 0. The number of hydrogen-bond acceptors (Lipinski definition) is 3. The van der Waals surface area contributed by atoms with Gasteiger partial charge in [-0.2, -0.15) is 0 Å². The van der Waals surface area contributed by atoms with E-state index in [-0.39, 0.29) is 11.4 Å². The molecule has 0 heterocycles. The van der Waals surface area contributed by atoms with Crippen LogP contribution in [0.5, 0.6) is 0 Å². The van der Waals surface area contributed by atoms with E-state index in [1.807, 2.05) is 6.07 Å². The minimum Gasteiger partial charge on any atom is -0.350 e. The Labute approximate surface area is 96.9 Å². The molecule has 2 aromatic rings. The van der Waals surface area contributed by atoms with Gasteiger partial charge in [0.2, 0.25) is 0 Å². The largest absolute Gasteiger partial charge is 0.350 e. The molecule has 2 rings (SSSR count). The van der Waals surface area contributed by atoms with Crippen molar-refractivity contribution in [3.8, 4) is 0 Å². The highest BCUT2D eigenvalue weighted by molar-refractivity contribution is 5.69. The van der Waals surface area contributed by atoms with Crippen LogP contribution in [0.3, 0.4) is 0 Å². The van der Waals surface area contributed by atoms with Crippen LogP contribution in [-0.4, -0.2) is 4.92 Å². The van der Waals surface area contributed by atoms with Gasteiger partial charge in [-0.25, -0.2) is 4.39 Å². The number of para-hydroxylation sites is 1. The number of nitrogens with one attached hydrogen (secondary N) is 1. The summed E-state index contributed by atoms with van der Waals surface area (Å²) in [5.74, 6) is -0.629. The summed E-state index contributed by atoms with van der Waals surface area (Å²) in [7, 11) is 0. The fourth-order valence-corrected chi connectivity index (χ4v) is 1.44. The number of benzene rings is 2. The van der Waals surface area contributed by atoms with E-state index in [9.17, 15) is 14.5 Å². The van der Waals surface area contributed by atoms with Crippen LogP contribution in [0.4, 0.5) is 21.5 Å². The summed E-state index contributed by atoms with van der Waals surface area (Å²) in [4.78, 5) is 10.1. The number of nitro benzene ring substituents is 1. The topological polar surface area (TPSA) is 55.2 Å². The molecule has 0 aliphatic carbocycles. The zero-order valence-corrected chi connectivity index (χ0v) is 8.76. The molecule has 86 valence electrons. The van der Waals surface area contributed by atoms with Gasteiger partial charge in [-0.15, -0.1) is 0 Å². The van der Waals surface area contributed by atoms with Crippen molar-refractivity contribution in [3.05, 3.63) is 64.5 Å². The van der Waals surface area contributed by atoms with Gasteiger partial charge in [-0.1, -0.05) is 18.2 Å². The number of nitrogens with zero attached hydrogens (tertiary/aromatic N) is 1. The molecule has 0 aliphatic rings. The molecule has 0 bridgehead atoms. The second-order valence-electron chi connectivity index (χ2n) is 3.41. The van der Waals surface area contributed by atoms with Gasteiger partial charge in [-0.3, -0.25) is 10.1 Å². The van der Waals surface area contributed by atoms with Crippen LogP contribution in [-0.2, 0) is 0 Å². The number of nitro groups is 1. The molecule has 0 spiro atoms. The molecule has 0 radical (unpaired) electrons. The Morgan fingerprint density at radius 1 is 1.12 bits per heavy atom. The van der Waals surface area contributed by atoms with E-state index >= 15 is 0 Å².